The monoisotopic (exact) mass is 183 g/mol. The van der Waals surface area contributed by atoms with Crippen LogP contribution in [0.1, 0.15) is 13.3 Å². The zero-order chi connectivity index (χ0) is 10.3. The highest BCUT2D eigenvalue weighted by atomic mass is 16.5. The predicted molar refractivity (Wildman–Crippen MR) is 47.7 cm³/mol. The Morgan fingerprint density at radius 3 is 2.54 bits per heavy atom. The first-order chi connectivity index (χ1) is 6.15. The van der Waals surface area contributed by atoms with Crippen molar-refractivity contribution in [3.63, 3.8) is 0 Å². The summed E-state index contributed by atoms with van der Waals surface area (Å²) < 4.78 is 4.43. The Kier molecular flexibility index (Phi) is 5.37. The van der Waals surface area contributed by atoms with Gasteiger partial charge in [0, 0.05) is 6.54 Å². The van der Waals surface area contributed by atoms with E-state index in [1.54, 1.807) is 6.92 Å². The van der Waals surface area contributed by atoms with Gasteiger partial charge >= 0.3 is 5.97 Å². The highest BCUT2D eigenvalue weighted by molar-refractivity contribution is 5.83. The largest absolute Gasteiger partial charge is 0.468 e. The molecule has 0 atom stereocenters. The molecule has 0 aromatic heterocycles. The van der Waals surface area contributed by atoms with Crippen molar-refractivity contribution >= 4 is 11.9 Å². The van der Waals surface area contributed by atoms with Crippen molar-refractivity contribution in [3.05, 3.63) is 0 Å². The number of hydrogen-bond acceptors (Lipinski definition) is 3. The molecule has 72 valence electrons. The number of methoxy groups -OCH3 is 1. The van der Waals surface area contributed by atoms with Crippen molar-refractivity contribution in [3.8, 4) is 12.3 Å². The third-order valence-electron chi connectivity index (χ3n) is 1.54. The number of likely N-dealkylation sites (N-methyl/N-ethyl adjacent to an activating group) is 1. The van der Waals surface area contributed by atoms with E-state index in [0.29, 0.717) is 6.54 Å². The van der Waals surface area contributed by atoms with Crippen molar-refractivity contribution in [1.82, 2.24) is 4.90 Å². The van der Waals surface area contributed by atoms with E-state index in [-0.39, 0.29) is 18.9 Å². The van der Waals surface area contributed by atoms with E-state index in [0.717, 1.165) is 0 Å². The van der Waals surface area contributed by atoms with Crippen molar-refractivity contribution < 1.29 is 14.3 Å². The van der Waals surface area contributed by atoms with E-state index < -0.39 is 5.97 Å². The van der Waals surface area contributed by atoms with E-state index in [1.165, 1.54) is 12.0 Å². The topological polar surface area (TPSA) is 46.6 Å². The first-order valence-electron chi connectivity index (χ1n) is 3.93. The Balaban J connectivity index is 4.11. The molecule has 0 aliphatic carbocycles. The standard InChI is InChI=1S/C9H13NO3/c1-4-6-8(11)10(5-2)7-9(12)13-3/h1H,5-7H2,2-3H3. The van der Waals surface area contributed by atoms with Gasteiger partial charge < -0.3 is 9.64 Å². The Bertz CT molecular complexity index is 230. The average Bonchev–Trinajstić information content (AvgIpc) is 2.14. The number of hydrogen-bond donors (Lipinski definition) is 0. The molecule has 0 spiro atoms. The van der Waals surface area contributed by atoms with Crippen LogP contribution in [0, 0.1) is 12.3 Å². The molecule has 0 aromatic carbocycles. The van der Waals surface area contributed by atoms with Gasteiger partial charge in [0.05, 0.1) is 13.5 Å². The highest BCUT2D eigenvalue weighted by Crippen LogP contribution is 1.93. The number of carbonyl (C=O) groups is 2. The van der Waals surface area contributed by atoms with Gasteiger partial charge in [-0.3, -0.25) is 9.59 Å². The molecule has 13 heavy (non-hydrogen) atoms. The van der Waals surface area contributed by atoms with E-state index >= 15 is 0 Å². The third-order valence-corrected chi connectivity index (χ3v) is 1.54. The van der Waals surface area contributed by atoms with Crippen LogP contribution in [-0.2, 0) is 14.3 Å². The van der Waals surface area contributed by atoms with Gasteiger partial charge in [-0.25, -0.2) is 0 Å². The quantitative estimate of drug-likeness (QED) is 0.456. The molecule has 0 rings (SSSR count). The second-order valence-corrected chi connectivity index (χ2v) is 2.36. The number of amides is 1. The summed E-state index contributed by atoms with van der Waals surface area (Å²) in [6.07, 6.45) is 4.99. The number of nitrogens with zero attached hydrogens (tertiary/aromatic N) is 1. The molecule has 1 amide bonds. The lowest BCUT2D eigenvalue weighted by molar-refractivity contribution is -0.146. The number of carbonyl (C=O) groups excluding carboxylic acids is 2. The first-order valence-corrected chi connectivity index (χ1v) is 3.93. The van der Waals surface area contributed by atoms with E-state index in [2.05, 4.69) is 10.7 Å². The highest BCUT2D eigenvalue weighted by Gasteiger charge is 2.13. The minimum Gasteiger partial charge on any atom is -0.468 e. The summed E-state index contributed by atoms with van der Waals surface area (Å²) in [6.45, 7) is 2.19. The minimum absolute atomic E-state index is 0.0187. The molecule has 0 N–H and O–H groups in total. The van der Waals surface area contributed by atoms with Crippen LogP contribution in [0.25, 0.3) is 0 Å². The van der Waals surface area contributed by atoms with E-state index in [1.807, 2.05) is 0 Å². The van der Waals surface area contributed by atoms with Crippen molar-refractivity contribution in [2.75, 3.05) is 20.2 Å². The van der Waals surface area contributed by atoms with Crippen molar-refractivity contribution in [2.24, 2.45) is 0 Å². The molecular weight excluding hydrogens is 170 g/mol. The Hall–Kier alpha value is -1.50. The van der Waals surface area contributed by atoms with Gasteiger partial charge in [0.25, 0.3) is 0 Å². The summed E-state index contributed by atoms with van der Waals surface area (Å²) in [7, 11) is 1.28. The second-order valence-electron chi connectivity index (χ2n) is 2.36. The lowest BCUT2D eigenvalue weighted by Gasteiger charge is -2.17. The first kappa shape index (κ1) is 11.5. The van der Waals surface area contributed by atoms with Gasteiger partial charge in [0.1, 0.15) is 6.54 Å². The van der Waals surface area contributed by atoms with Gasteiger partial charge in [-0.2, -0.15) is 0 Å². The van der Waals surface area contributed by atoms with Gasteiger partial charge in [-0.15, -0.1) is 6.42 Å². The van der Waals surface area contributed by atoms with Crippen LogP contribution in [0.4, 0.5) is 0 Å². The van der Waals surface area contributed by atoms with Gasteiger partial charge in [0.2, 0.25) is 5.91 Å². The molecule has 0 saturated heterocycles. The maximum Gasteiger partial charge on any atom is 0.325 e. The number of esters is 1. The molecule has 0 aromatic rings. The fourth-order valence-electron chi connectivity index (χ4n) is 0.796. The fraction of sp³-hybridized carbons (Fsp3) is 0.556. The van der Waals surface area contributed by atoms with Crippen LogP contribution in [0.5, 0.6) is 0 Å². The van der Waals surface area contributed by atoms with Gasteiger partial charge in [-0.1, -0.05) is 5.92 Å². The van der Waals surface area contributed by atoms with Crippen LogP contribution >= 0.6 is 0 Å². The zero-order valence-corrected chi connectivity index (χ0v) is 7.87. The number of rotatable bonds is 4. The Labute approximate surface area is 77.9 Å². The third kappa shape index (κ3) is 4.16. The maximum absolute atomic E-state index is 11.2. The summed E-state index contributed by atoms with van der Waals surface area (Å²) in [5.41, 5.74) is 0. The number of ether oxygens (including phenoxy) is 1. The molecule has 0 aliphatic heterocycles. The van der Waals surface area contributed by atoms with Crippen LogP contribution in [0.15, 0.2) is 0 Å². The van der Waals surface area contributed by atoms with Crippen LogP contribution < -0.4 is 0 Å². The lowest BCUT2D eigenvalue weighted by Crippen LogP contribution is -2.35. The molecule has 0 bridgehead atoms. The minimum atomic E-state index is -0.438. The molecule has 4 nitrogen and oxygen atoms in total. The van der Waals surface area contributed by atoms with Crippen molar-refractivity contribution in [2.45, 2.75) is 13.3 Å². The normalized spacial score (nSPS) is 8.69. The van der Waals surface area contributed by atoms with Crippen LogP contribution in [0.3, 0.4) is 0 Å². The van der Waals surface area contributed by atoms with Crippen LogP contribution in [-0.4, -0.2) is 37.0 Å². The van der Waals surface area contributed by atoms with E-state index in [4.69, 9.17) is 6.42 Å². The summed E-state index contributed by atoms with van der Waals surface area (Å²) in [5, 5.41) is 0. The molecule has 0 unspecified atom stereocenters. The summed E-state index contributed by atoms with van der Waals surface area (Å²) >= 11 is 0. The Morgan fingerprint density at radius 1 is 1.54 bits per heavy atom. The Morgan fingerprint density at radius 2 is 2.15 bits per heavy atom. The van der Waals surface area contributed by atoms with Crippen LogP contribution in [0.2, 0.25) is 0 Å². The average molecular weight is 183 g/mol. The predicted octanol–water partition coefficient (Wildman–Crippen LogP) is 0.0312. The summed E-state index contributed by atoms with van der Waals surface area (Å²) in [5.74, 6) is 1.57. The molecule has 0 heterocycles. The molecule has 0 aliphatic rings. The molecule has 0 fully saturated rings. The second kappa shape index (κ2) is 6.06. The van der Waals surface area contributed by atoms with Gasteiger partial charge in [0.15, 0.2) is 0 Å². The molecule has 0 radical (unpaired) electrons. The SMILES string of the molecule is C#CCC(=O)N(CC)CC(=O)OC. The zero-order valence-electron chi connectivity index (χ0n) is 7.87. The van der Waals surface area contributed by atoms with Crippen molar-refractivity contribution in [1.29, 1.82) is 0 Å². The number of terminal acetylenes is 1. The summed E-state index contributed by atoms with van der Waals surface area (Å²) in [6, 6.07) is 0. The smallest absolute Gasteiger partial charge is 0.325 e. The molecule has 0 saturated carbocycles. The van der Waals surface area contributed by atoms with E-state index in [9.17, 15) is 9.59 Å². The molecule has 4 heteroatoms. The summed E-state index contributed by atoms with van der Waals surface area (Å²) in [4.78, 5) is 23.4. The fourth-order valence-corrected chi connectivity index (χ4v) is 0.796. The maximum atomic E-state index is 11.2. The lowest BCUT2D eigenvalue weighted by atomic mass is 10.3. The van der Waals surface area contributed by atoms with Gasteiger partial charge in [-0.05, 0) is 6.92 Å². The molecular formula is C9H13NO3.